The van der Waals surface area contributed by atoms with Crippen LogP contribution in [0, 0.1) is 6.92 Å². The fraction of sp³-hybridized carbons (Fsp3) is 0.385. The van der Waals surface area contributed by atoms with Gasteiger partial charge in [0.1, 0.15) is 5.82 Å². The summed E-state index contributed by atoms with van der Waals surface area (Å²) in [7, 11) is 0. The maximum absolute atomic E-state index is 11.4. The van der Waals surface area contributed by atoms with E-state index < -0.39 is 5.97 Å². The van der Waals surface area contributed by atoms with Gasteiger partial charge in [0.25, 0.3) is 0 Å². The molecule has 1 N–H and O–H groups in total. The van der Waals surface area contributed by atoms with Crippen LogP contribution in [-0.4, -0.2) is 27.8 Å². The number of nitrogens with one attached hydrogen (secondary N) is 1. The molecule has 7 heteroatoms. The number of anilines is 1. The number of aromatic nitrogens is 3. The molecule has 0 aliphatic heterocycles. The topological polar surface area (TPSA) is 77.0 Å². The number of thiazole rings is 1. The van der Waals surface area contributed by atoms with Crippen molar-refractivity contribution in [2.75, 3.05) is 11.9 Å². The van der Waals surface area contributed by atoms with Gasteiger partial charge in [-0.3, -0.25) is 0 Å². The Bertz CT molecular complexity index is 582. The van der Waals surface area contributed by atoms with Crippen LogP contribution >= 0.6 is 11.3 Å². The van der Waals surface area contributed by atoms with Crippen molar-refractivity contribution in [2.24, 2.45) is 0 Å². The minimum Gasteiger partial charge on any atom is -0.461 e. The molecule has 0 aliphatic carbocycles. The molecule has 0 bridgehead atoms. The van der Waals surface area contributed by atoms with Crippen molar-refractivity contribution in [1.82, 2.24) is 15.2 Å². The summed E-state index contributed by atoms with van der Waals surface area (Å²) in [5.74, 6) is 0.130. The van der Waals surface area contributed by atoms with E-state index in [4.69, 9.17) is 4.74 Å². The first-order valence-electron chi connectivity index (χ1n) is 6.29. The zero-order valence-electron chi connectivity index (χ0n) is 11.6. The number of rotatable bonds is 5. The van der Waals surface area contributed by atoms with E-state index >= 15 is 0 Å². The second kappa shape index (κ2) is 6.42. The lowest BCUT2D eigenvalue weighted by Gasteiger charge is -2.11. The minimum atomic E-state index is -0.463. The molecule has 6 nitrogen and oxygen atoms in total. The first kappa shape index (κ1) is 14.4. The van der Waals surface area contributed by atoms with E-state index in [1.165, 1.54) is 0 Å². The standard InChI is InChI=1S/C13H16N4O2S/c1-4-19-13(18)10-5-6-12(17-16-10)14-8(2)11-7-20-9(3)15-11/h5-8H,4H2,1-3H3,(H,14,17). The Morgan fingerprint density at radius 3 is 2.80 bits per heavy atom. The lowest BCUT2D eigenvalue weighted by atomic mass is 10.2. The molecule has 0 saturated heterocycles. The molecule has 0 spiro atoms. The lowest BCUT2D eigenvalue weighted by molar-refractivity contribution is 0.0518. The van der Waals surface area contributed by atoms with E-state index in [0.717, 1.165) is 10.7 Å². The summed E-state index contributed by atoms with van der Waals surface area (Å²) in [6, 6.07) is 3.32. The van der Waals surface area contributed by atoms with Crippen LogP contribution in [-0.2, 0) is 4.74 Å². The van der Waals surface area contributed by atoms with Gasteiger partial charge in [0.2, 0.25) is 0 Å². The van der Waals surface area contributed by atoms with Gasteiger partial charge in [0.05, 0.1) is 23.4 Å². The fourth-order valence-corrected chi connectivity index (χ4v) is 2.30. The van der Waals surface area contributed by atoms with E-state index in [-0.39, 0.29) is 11.7 Å². The second-order valence-electron chi connectivity index (χ2n) is 4.18. The van der Waals surface area contributed by atoms with Gasteiger partial charge in [-0.15, -0.1) is 21.5 Å². The van der Waals surface area contributed by atoms with Crippen molar-refractivity contribution in [3.8, 4) is 0 Å². The number of aryl methyl sites for hydroxylation is 1. The average molecular weight is 292 g/mol. The number of ether oxygens (including phenoxy) is 1. The van der Waals surface area contributed by atoms with Crippen LogP contribution < -0.4 is 5.32 Å². The maximum atomic E-state index is 11.4. The van der Waals surface area contributed by atoms with Gasteiger partial charge in [-0.1, -0.05) is 0 Å². The number of hydrogen-bond acceptors (Lipinski definition) is 7. The molecule has 0 aromatic carbocycles. The molecule has 0 saturated carbocycles. The van der Waals surface area contributed by atoms with Crippen LogP contribution in [0.25, 0.3) is 0 Å². The van der Waals surface area contributed by atoms with Crippen LogP contribution in [0.4, 0.5) is 5.82 Å². The van der Waals surface area contributed by atoms with Crippen LogP contribution in [0.3, 0.4) is 0 Å². The van der Waals surface area contributed by atoms with E-state index in [0.29, 0.717) is 12.4 Å². The fourth-order valence-electron chi connectivity index (χ4n) is 1.60. The zero-order valence-corrected chi connectivity index (χ0v) is 12.4. The molecule has 2 aromatic heterocycles. The average Bonchev–Trinajstić information content (AvgIpc) is 2.86. The van der Waals surface area contributed by atoms with E-state index in [2.05, 4.69) is 20.5 Å². The number of hydrogen-bond donors (Lipinski definition) is 1. The molecule has 0 amide bonds. The molecule has 106 valence electrons. The summed E-state index contributed by atoms with van der Waals surface area (Å²) in [5.41, 5.74) is 1.17. The Balaban J connectivity index is 2.01. The molecule has 2 aromatic rings. The van der Waals surface area contributed by atoms with E-state index in [9.17, 15) is 4.79 Å². The molecule has 2 heterocycles. The number of nitrogens with zero attached hydrogens (tertiary/aromatic N) is 3. The Labute approximate surface area is 121 Å². The van der Waals surface area contributed by atoms with Gasteiger partial charge in [-0.05, 0) is 32.9 Å². The largest absolute Gasteiger partial charge is 0.461 e. The molecule has 2 rings (SSSR count). The number of carbonyl (C=O) groups excluding carboxylic acids is 1. The first-order valence-corrected chi connectivity index (χ1v) is 7.17. The normalized spacial score (nSPS) is 11.9. The molecule has 1 atom stereocenters. The van der Waals surface area contributed by atoms with Gasteiger partial charge < -0.3 is 10.1 Å². The molecular formula is C13H16N4O2S. The summed E-state index contributed by atoms with van der Waals surface area (Å²) >= 11 is 1.61. The number of esters is 1. The Morgan fingerprint density at radius 2 is 2.25 bits per heavy atom. The summed E-state index contributed by atoms with van der Waals surface area (Å²) < 4.78 is 4.85. The molecule has 1 unspecified atom stereocenters. The second-order valence-corrected chi connectivity index (χ2v) is 5.24. The highest BCUT2D eigenvalue weighted by atomic mass is 32.1. The van der Waals surface area contributed by atoms with Crippen molar-refractivity contribution >= 4 is 23.1 Å². The van der Waals surface area contributed by atoms with Gasteiger partial charge in [-0.25, -0.2) is 9.78 Å². The van der Waals surface area contributed by atoms with Gasteiger partial charge in [0, 0.05) is 5.38 Å². The smallest absolute Gasteiger partial charge is 0.358 e. The van der Waals surface area contributed by atoms with Gasteiger partial charge >= 0.3 is 5.97 Å². The zero-order chi connectivity index (χ0) is 14.5. The summed E-state index contributed by atoms with van der Waals surface area (Å²) in [6.07, 6.45) is 0. The Hall–Kier alpha value is -2.02. The van der Waals surface area contributed by atoms with Crippen LogP contribution in [0.5, 0.6) is 0 Å². The van der Waals surface area contributed by atoms with Crippen molar-refractivity contribution in [3.63, 3.8) is 0 Å². The van der Waals surface area contributed by atoms with Crippen molar-refractivity contribution < 1.29 is 9.53 Å². The molecule has 0 radical (unpaired) electrons. The van der Waals surface area contributed by atoms with E-state index in [1.54, 1.807) is 30.4 Å². The van der Waals surface area contributed by atoms with Crippen LogP contribution in [0.15, 0.2) is 17.5 Å². The quantitative estimate of drug-likeness (QED) is 0.854. The molecular weight excluding hydrogens is 276 g/mol. The highest BCUT2D eigenvalue weighted by Gasteiger charge is 2.12. The molecule has 0 fully saturated rings. The number of carbonyl (C=O) groups is 1. The van der Waals surface area contributed by atoms with Crippen molar-refractivity contribution in [1.29, 1.82) is 0 Å². The molecule has 0 aliphatic rings. The van der Waals surface area contributed by atoms with Crippen LogP contribution in [0.2, 0.25) is 0 Å². The Kier molecular flexibility index (Phi) is 4.62. The minimum absolute atomic E-state index is 0.0303. The van der Waals surface area contributed by atoms with Crippen LogP contribution in [0.1, 0.15) is 41.1 Å². The third-order valence-corrected chi connectivity index (χ3v) is 3.39. The van der Waals surface area contributed by atoms with E-state index in [1.807, 2.05) is 19.2 Å². The van der Waals surface area contributed by atoms with Gasteiger partial charge in [0.15, 0.2) is 5.69 Å². The Morgan fingerprint density at radius 1 is 1.45 bits per heavy atom. The predicted molar refractivity (Wildman–Crippen MR) is 76.9 cm³/mol. The first-order chi connectivity index (χ1) is 9.60. The highest BCUT2D eigenvalue weighted by Crippen LogP contribution is 2.19. The highest BCUT2D eigenvalue weighted by molar-refractivity contribution is 7.09. The summed E-state index contributed by atoms with van der Waals surface area (Å²) in [4.78, 5) is 15.9. The summed E-state index contributed by atoms with van der Waals surface area (Å²) in [5, 5.41) is 14.0. The summed E-state index contributed by atoms with van der Waals surface area (Å²) in [6.45, 7) is 6.03. The lowest BCUT2D eigenvalue weighted by Crippen LogP contribution is -2.12. The third-order valence-electron chi connectivity index (χ3n) is 2.59. The maximum Gasteiger partial charge on any atom is 0.358 e. The molecule has 20 heavy (non-hydrogen) atoms. The predicted octanol–water partition coefficient (Wildman–Crippen LogP) is 2.59. The monoisotopic (exact) mass is 292 g/mol. The van der Waals surface area contributed by atoms with Crippen molar-refractivity contribution in [2.45, 2.75) is 26.8 Å². The van der Waals surface area contributed by atoms with Gasteiger partial charge in [-0.2, -0.15) is 0 Å². The third kappa shape index (κ3) is 3.51. The van der Waals surface area contributed by atoms with Crippen molar-refractivity contribution in [3.05, 3.63) is 33.9 Å². The SMILES string of the molecule is CCOC(=O)c1ccc(NC(C)c2csc(C)n2)nn1.